The van der Waals surface area contributed by atoms with Crippen LogP contribution >= 0.6 is 11.6 Å². The Balaban J connectivity index is 1.96. The van der Waals surface area contributed by atoms with Crippen LogP contribution in [0.1, 0.15) is 0 Å². The summed E-state index contributed by atoms with van der Waals surface area (Å²) in [6.07, 6.45) is 0. The molecule has 0 spiro atoms. The molecular formula is C14H14ClN3O. The molecule has 1 aliphatic rings. The Kier molecular flexibility index (Phi) is 3.62. The largest absolute Gasteiger partial charge is 0.378 e. The van der Waals surface area contributed by atoms with Crippen molar-refractivity contribution >= 4 is 17.4 Å². The SMILES string of the molecule is Clc1cc(N2CCOCC2)nc(-c2ccccc2)n1. The van der Waals surface area contributed by atoms with E-state index < -0.39 is 0 Å². The van der Waals surface area contributed by atoms with Gasteiger partial charge < -0.3 is 9.64 Å². The summed E-state index contributed by atoms with van der Waals surface area (Å²) < 4.78 is 5.35. The highest BCUT2D eigenvalue weighted by Crippen LogP contribution is 2.22. The highest BCUT2D eigenvalue weighted by molar-refractivity contribution is 6.29. The Bertz CT molecular complexity index is 556. The van der Waals surface area contributed by atoms with Gasteiger partial charge in [-0.2, -0.15) is 0 Å². The second-order valence-corrected chi connectivity index (χ2v) is 4.73. The molecule has 1 aromatic heterocycles. The topological polar surface area (TPSA) is 38.2 Å². The van der Waals surface area contributed by atoms with Crippen LogP contribution in [0.5, 0.6) is 0 Å². The van der Waals surface area contributed by atoms with E-state index in [2.05, 4.69) is 14.9 Å². The molecule has 1 aliphatic heterocycles. The predicted octanol–water partition coefficient (Wildman–Crippen LogP) is 2.63. The minimum absolute atomic E-state index is 0.468. The average Bonchev–Trinajstić information content (AvgIpc) is 2.48. The van der Waals surface area contributed by atoms with Gasteiger partial charge >= 0.3 is 0 Å². The lowest BCUT2D eigenvalue weighted by atomic mass is 10.2. The first-order chi connectivity index (χ1) is 9.33. The number of hydrogen-bond acceptors (Lipinski definition) is 4. The molecule has 0 radical (unpaired) electrons. The Labute approximate surface area is 117 Å². The quantitative estimate of drug-likeness (QED) is 0.790. The van der Waals surface area contributed by atoms with Crippen molar-refractivity contribution < 1.29 is 4.74 Å². The van der Waals surface area contributed by atoms with Crippen LogP contribution in [0.2, 0.25) is 5.15 Å². The summed E-state index contributed by atoms with van der Waals surface area (Å²) in [6, 6.07) is 11.7. The Morgan fingerprint density at radius 3 is 2.53 bits per heavy atom. The van der Waals surface area contributed by atoms with Crippen molar-refractivity contribution in [2.75, 3.05) is 31.2 Å². The monoisotopic (exact) mass is 275 g/mol. The van der Waals surface area contributed by atoms with E-state index in [1.165, 1.54) is 0 Å². The molecule has 5 heteroatoms. The molecule has 0 N–H and O–H groups in total. The van der Waals surface area contributed by atoms with E-state index in [1.54, 1.807) is 6.07 Å². The first-order valence-corrected chi connectivity index (χ1v) is 6.63. The number of hydrogen-bond donors (Lipinski definition) is 0. The third kappa shape index (κ3) is 2.85. The Morgan fingerprint density at radius 1 is 1.05 bits per heavy atom. The van der Waals surface area contributed by atoms with Gasteiger partial charge in [0.25, 0.3) is 0 Å². The molecule has 0 bridgehead atoms. The highest BCUT2D eigenvalue weighted by Gasteiger charge is 2.15. The number of anilines is 1. The fourth-order valence-corrected chi connectivity index (χ4v) is 2.25. The van der Waals surface area contributed by atoms with Crippen LogP contribution < -0.4 is 4.90 Å². The van der Waals surface area contributed by atoms with Crippen LogP contribution in [0.25, 0.3) is 11.4 Å². The van der Waals surface area contributed by atoms with Crippen LogP contribution in [0.4, 0.5) is 5.82 Å². The van der Waals surface area contributed by atoms with Gasteiger partial charge in [0.2, 0.25) is 0 Å². The second-order valence-electron chi connectivity index (χ2n) is 4.34. The summed E-state index contributed by atoms with van der Waals surface area (Å²) in [4.78, 5) is 11.1. The van der Waals surface area contributed by atoms with E-state index in [9.17, 15) is 0 Å². The van der Waals surface area contributed by atoms with Gasteiger partial charge in [-0.15, -0.1) is 0 Å². The van der Waals surface area contributed by atoms with Gasteiger partial charge in [0.1, 0.15) is 11.0 Å². The summed E-state index contributed by atoms with van der Waals surface area (Å²) >= 11 is 6.11. The Morgan fingerprint density at radius 2 is 1.79 bits per heavy atom. The molecule has 4 nitrogen and oxygen atoms in total. The standard InChI is InChI=1S/C14H14ClN3O/c15-12-10-13(18-6-8-19-9-7-18)17-14(16-12)11-4-2-1-3-5-11/h1-5,10H,6-9H2. The molecule has 0 unspecified atom stereocenters. The second kappa shape index (κ2) is 5.55. The van der Waals surface area contributed by atoms with E-state index in [0.717, 1.165) is 37.7 Å². The van der Waals surface area contributed by atoms with Crippen molar-refractivity contribution in [2.45, 2.75) is 0 Å². The zero-order valence-corrected chi connectivity index (χ0v) is 11.2. The first kappa shape index (κ1) is 12.4. The summed E-state index contributed by atoms with van der Waals surface area (Å²) in [5.41, 5.74) is 0.972. The van der Waals surface area contributed by atoms with Crippen molar-refractivity contribution in [2.24, 2.45) is 0 Å². The molecule has 2 heterocycles. The van der Waals surface area contributed by atoms with Crippen LogP contribution in [0, 0.1) is 0 Å². The highest BCUT2D eigenvalue weighted by atomic mass is 35.5. The molecule has 0 aliphatic carbocycles. The van der Waals surface area contributed by atoms with Gasteiger partial charge in [0.05, 0.1) is 13.2 Å². The molecule has 2 aromatic rings. The summed E-state index contributed by atoms with van der Waals surface area (Å²) in [5.74, 6) is 1.52. The lowest BCUT2D eigenvalue weighted by Gasteiger charge is -2.28. The number of aromatic nitrogens is 2. The number of halogens is 1. The fraction of sp³-hybridized carbons (Fsp3) is 0.286. The minimum atomic E-state index is 0.468. The molecule has 98 valence electrons. The van der Waals surface area contributed by atoms with E-state index >= 15 is 0 Å². The van der Waals surface area contributed by atoms with Gasteiger partial charge in [-0.05, 0) is 0 Å². The van der Waals surface area contributed by atoms with E-state index in [1.807, 2.05) is 30.3 Å². The summed E-state index contributed by atoms with van der Waals surface area (Å²) in [6.45, 7) is 3.12. The maximum absolute atomic E-state index is 6.11. The number of nitrogens with zero attached hydrogens (tertiary/aromatic N) is 3. The molecule has 19 heavy (non-hydrogen) atoms. The van der Waals surface area contributed by atoms with Crippen LogP contribution in [-0.4, -0.2) is 36.3 Å². The minimum Gasteiger partial charge on any atom is -0.378 e. The molecule has 0 amide bonds. The van der Waals surface area contributed by atoms with Crippen LogP contribution in [-0.2, 0) is 4.74 Å². The van der Waals surface area contributed by atoms with Gasteiger partial charge in [-0.25, -0.2) is 9.97 Å². The zero-order chi connectivity index (χ0) is 13.1. The van der Waals surface area contributed by atoms with Crippen LogP contribution in [0.3, 0.4) is 0 Å². The summed E-state index contributed by atoms with van der Waals surface area (Å²) in [7, 11) is 0. The molecule has 3 rings (SSSR count). The predicted molar refractivity (Wildman–Crippen MR) is 75.5 cm³/mol. The van der Waals surface area contributed by atoms with E-state index in [-0.39, 0.29) is 0 Å². The van der Waals surface area contributed by atoms with Crippen molar-refractivity contribution in [3.05, 3.63) is 41.6 Å². The lowest BCUT2D eigenvalue weighted by Crippen LogP contribution is -2.36. The third-order valence-electron chi connectivity index (χ3n) is 3.05. The van der Waals surface area contributed by atoms with E-state index in [4.69, 9.17) is 16.3 Å². The number of ether oxygens (including phenoxy) is 1. The maximum Gasteiger partial charge on any atom is 0.163 e. The molecule has 0 atom stereocenters. The van der Waals surface area contributed by atoms with Gasteiger partial charge in [0, 0.05) is 24.7 Å². The molecule has 0 saturated carbocycles. The maximum atomic E-state index is 6.11. The zero-order valence-electron chi connectivity index (χ0n) is 10.4. The molecule has 1 fully saturated rings. The van der Waals surface area contributed by atoms with Gasteiger partial charge in [-0.3, -0.25) is 0 Å². The molecule has 1 aromatic carbocycles. The Hall–Kier alpha value is -1.65. The van der Waals surface area contributed by atoms with Crippen molar-refractivity contribution in [3.8, 4) is 11.4 Å². The van der Waals surface area contributed by atoms with E-state index in [0.29, 0.717) is 11.0 Å². The number of benzene rings is 1. The first-order valence-electron chi connectivity index (χ1n) is 6.25. The normalized spacial score (nSPS) is 15.5. The van der Waals surface area contributed by atoms with Crippen molar-refractivity contribution in [3.63, 3.8) is 0 Å². The molecule has 1 saturated heterocycles. The lowest BCUT2D eigenvalue weighted by molar-refractivity contribution is 0.122. The van der Waals surface area contributed by atoms with Crippen LogP contribution in [0.15, 0.2) is 36.4 Å². The molecular weight excluding hydrogens is 262 g/mol. The van der Waals surface area contributed by atoms with Crippen molar-refractivity contribution in [1.29, 1.82) is 0 Å². The smallest absolute Gasteiger partial charge is 0.163 e. The van der Waals surface area contributed by atoms with Crippen molar-refractivity contribution in [1.82, 2.24) is 9.97 Å². The third-order valence-corrected chi connectivity index (χ3v) is 3.24. The number of rotatable bonds is 2. The number of morpholine rings is 1. The van der Waals surface area contributed by atoms with Gasteiger partial charge in [0.15, 0.2) is 5.82 Å². The fourth-order valence-electron chi connectivity index (χ4n) is 2.08. The van der Waals surface area contributed by atoms with Gasteiger partial charge in [-0.1, -0.05) is 41.9 Å². The summed E-state index contributed by atoms with van der Waals surface area (Å²) in [5, 5.41) is 0.468. The average molecular weight is 276 g/mol.